The third-order valence-electron chi connectivity index (χ3n) is 3.85. The van der Waals surface area contributed by atoms with E-state index in [9.17, 15) is 4.79 Å². The first-order chi connectivity index (χ1) is 15.8. The Kier molecular flexibility index (Phi) is 18.1. The molecule has 2 rings (SSSR count). The van der Waals surface area contributed by atoms with Crippen molar-refractivity contribution in [3.05, 3.63) is 48.3 Å². The molecule has 0 spiro atoms. The molecule has 33 heavy (non-hydrogen) atoms. The fraction of sp³-hybridized carbons (Fsp3) is 0.440. The van der Waals surface area contributed by atoms with Crippen LogP contribution in [0.25, 0.3) is 0 Å². The summed E-state index contributed by atoms with van der Waals surface area (Å²) in [5, 5.41) is 3.18. The first kappa shape index (κ1) is 32.2. The van der Waals surface area contributed by atoms with Gasteiger partial charge < -0.3 is 4.90 Å². The first-order valence-corrected chi connectivity index (χ1v) is 11.5. The van der Waals surface area contributed by atoms with Gasteiger partial charge in [0.2, 0.25) is 0 Å². The average Bonchev–Trinajstić information content (AvgIpc) is 2.82. The fourth-order valence-corrected chi connectivity index (χ4v) is 2.39. The van der Waals surface area contributed by atoms with Crippen molar-refractivity contribution in [2.75, 3.05) is 43.6 Å². The van der Waals surface area contributed by atoms with Gasteiger partial charge in [-0.25, -0.2) is 0 Å². The van der Waals surface area contributed by atoms with Crippen LogP contribution in [0.5, 0.6) is 0 Å². The van der Waals surface area contributed by atoms with Gasteiger partial charge in [-0.1, -0.05) is 41.5 Å². The van der Waals surface area contributed by atoms with Gasteiger partial charge in [0.25, 0.3) is 0 Å². The monoisotopic (exact) mass is 453 g/mol. The third-order valence-corrected chi connectivity index (χ3v) is 3.85. The molecule has 2 aromatic rings. The van der Waals surface area contributed by atoms with Crippen LogP contribution in [0.15, 0.2) is 42.7 Å². The number of nitrogens with zero attached hydrogens (tertiary/aromatic N) is 4. The van der Waals surface area contributed by atoms with E-state index in [0.717, 1.165) is 11.4 Å². The summed E-state index contributed by atoms with van der Waals surface area (Å²) in [7, 11) is 11.5. The fourth-order valence-electron chi connectivity index (χ4n) is 2.39. The van der Waals surface area contributed by atoms with Crippen LogP contribution < -0.4 is 16.0 Å². The zero-order chi connectivity index (χ0) is 26.0. The zero-order valence-electron chi connectivity index (χ0n) is 22.1. The van der Waals surface area contributed by atoms with Gasteiger partial charge in [-0.15, -0.1) is 0 Å². The van der Waals surface area contributed by atoms with E-state index >= 15 is 0 Å². The van der Waals surface area contributed by atoms with Crippen molar-refractivity contribution in [2.45, 2.75) is 48.5 Å². The van der Waals surface area contributed by atoms with E-state index in [1.54, 1.807) is 24.9 Å². The van der Waals surface area contributed by atoms with Crippen LogP contribution in [-0.2, 0) is 4.79 Å². The van der Waals surface area contributed by atoms with Crippen LogP contribution in [0, 0.1) is 0 Å². The standard InChI is InChI=1S/C19H24BN6O.3C2H6/c1-13(20)17-18(21)22-12-23-19(17)24-14-7-9-15(10-8-14)26(4)16(27)6-5-11-25(2)3;3*1-2/h5-10,12H,11H2,1-4H3,(H3,21,22,23,24);3*1-2H3/b6-5+;;;. The minimum atomic E-state index is -0.0863. The van der Waals surface area contributed by atoms with Crippen molar-refractivity contribution in [2.24, 2.45) is 0 Å². The number of likely N-dealkylation sites (N-methyl/N-ethyl adjacent to an activating group) is 2. The molecular weight excluding hydrogens is 411 g/mol. The van der Waals surface area contributed by atoms with Gasteiger partial charge in [0.05, 0.1) is 0 Å². The summed E-state index contributed by atoms with van der Waals surface area (Å²) in [6.07, 6.45) is 4.79. The van der Waals surface area contributed by atoms with Crippen molar-refractivity contribution in [1.29, 1.82) is 0 Å². The number of rotatable bonds is 7. The summed E-state index contributed by atoms with van der Waals surface area (Å²) < 4.78 is 0. The number of amides is 1. The summed E-state index contributed by atoms with van der Waals surface area (Å²) in [5.41, 5.74) is 8.58. The van der Waals surface area contributed by atoms with Gasteiger partial charge in [-0.2, -0.15) is 0 Å². The number of nitrogens with one attached hydrogen (secondary N) is 1. The molecule has 1 heterocycles. The van der Waals surface area contributed by atoms with Gasteiger partial charge in [0.15, 0.2) is 0 Å². The van der Waals surface area contributed by atoms with Crippen molar-refractivity contribution < 1.29 is 4.79 Å². The minimum absolute atomic E-state index is 0.0863. The Morgan fingerprint density at radius 2 is 1.58 bits per heavy atom. The Balaban J connectivity index is 0. The quantitative estimate of drug-likeness (QED) is 0.468. The summed E-state index contributed by atoms with van der Waals surface area (Å²) in [6, 6.07) is 7.42. The second kappa shape index (κ2) is 18.6. The Morgan fingerprint density at radius 1 is 1.03 bits per heavy atom. The van der Waals surface area contributed by atoms with Crippen LogP contribution in [-0.4, -0.2) is 61.4 Å². The van der Waals surface area contributed by atoms with E-state index < -0.39 is 0 Å². The first-order valence-electron chi connectivity index (χ1n) is 11.5. The van der Waals surface area contributed by atoms with Gasteiger partial charge in [-0.05, 0) is 14.1 Å². The van der Waals surface area contributed by atoms with Crippen molar-refractivity contribution in [3.8, 4) is 0 Å². The molecule has 0 aliphatic rings. The van der Waals surface area contributed by atoms with Crippen LogP contribution in [0.2, 0.25) is 0 Å². The molecule has 3 N–H and O–H groups in total. The number of nitrogens with two attached hydrogens (primary N) is 1. The number of anilines is 4. The number of hydrogen-bond acceptors (Lipinski definition) is 6. The van der Waals surface area contributed by atoms with E-state index in [2.05, 4.69) is 15.3 Å². The van der Waals surface area contributed by atoms with Gasteiger partial charge >= 0.3 is 135 Å². The second-order valence-corrected chi connectivity index (χ2v) is 6.40. The predicted molar refractivity (Wildman–Crippen MR) is 147 cm³/mol. The molecule has 181 valence electrons. The summed E-state index contributed by atoms with van der Waals surface area (Å²) >= 11 is 0. The molecule has 1 aromatic carbocycles. The Hall–Kier alpha value is -3.00. The van der Waals surface area contributed by atoms with E-state index in [0.29, 0.717) is 29.2 Å². The number of nitrogen functional groups attached to an aromatic ring is 1. The van der Waals surface area contributed by atoms with Gasteiger partial charge in [-0.3, -0.25) is 0 Å². The number of carbonyl (C=O) groups is 1. The number of aromatic nitrogens is 2. The number of carbonyl (C=O) groups excluding carboxylic acids is 1. The van der Waals surface area contributed by atoms with Crippen LogP contribution >= 0.6 is 0 Å². The molecule has 0 atom stereocenters. The summed E-state index contributed by atoms with van der Waals surface area (Å²) in [4.78, 5) is 24.0. The molecule has 1 aromatic heterocycles. The molecule has 0 fully saturated rings. The van der Waals surface area contributed by atoms with Crippen molar-refractivity contribution >= 4 is 41.9 Å². The summed E-state index contributed by atoms with van der Waals surface area (Å²) in [6.45, 7) is 14.5. The maximum absolute atomic E-state index is 12.2. The van der Waals surface area contributed by atoms with Crippen LogP contribution in [0.3, 0.4) is 0 Å². The molecule has 1 amide bonds. The normalized spacial score (nSPS) is 9.52. The second-order valence-electron chi connectivity index (χ2n) is 6.40. The summed E-state index contributed by atoms with van der Waals surface area (Å²) in [5.74, 6) is 0.766. The molecule has 0 saturated carbocycles. The Labute approximate surface area is 202 Å². The topological polar surface area (TPSA) is 87.4 Å². The van der Waals surface area contributed by atoms with Crippen LogP contribution in [0.1, 0.15) is 54.0 Å². The molecule has 0 unspecified atom stereocenters. The third kappa shape index (κ3) is 11.4. The predicted octanol–water partition coefficient (Wildman–Crippen LogP) is 4.67. The Morgan fingerprint density at radius 3 is 2.06 bits per heavy atom. The molecule has 0 aliphatic heterocycles. The van der Waals surface area contributed by atoms with E-state index in [-0.39, 0.29) is 5.91 Å². The van der Waals surface area contributed by atoms with Crippen molar-refractivity contribution in [3.63, 3.8) is 0 Å². The molecule has 1 radical (unpaired) electrons. The molecule has 7 nitrogen and oxygen atoms in total. The van der Waals surface area contributed by atoms with Gasteiger partial charge in [0, 0.05) is 6.54 Å². The van der Waals surface area contributed by atoms with Crippen LogP contribution in [0.4, 0.5) is 23.0 Å². The van der Waals surface area contributed by atoms with E-state index in [1.165, 1.54) is 6.33 Å². The molecule has 0 saturated heterocycles. The molecular formula is C25H42BN6O. The SMILES string of the molecule is CC.CC.CC.[B]=C(C)c1c(N)ncnc1Nc1ccc(N(C)C(=O)/C=C/CN(C)C)cc1. The molecule has 0 bridgehead atoms. The average molecular weight is 453 g/mol. The Bertz CT molecular complexity index is 850. The molecule has 8 heteroatoms. The van der Waals surface area contributed by atoms with E-state index in [4.69, 9.17) is 13.2 Å². The van der Waals surface area contributed by atoms with Gasteiger partial charge in [0.1, 0.15) is 0 Å². The number of benzene rings is 1. The zero-order valence-corrected chi connectivity index (χ0v) is 22.1. The van der Waals surface area contributed by atoms with E-state index in [1.807, 2.05) is 90.9 Å². The van der Waals surface area contributed by atoms with Crippen molar-refractivity contribution in [1.82, 2.24) is 14.9 Å². The molecule has 0 aliphatic carbocycles. The number of hydrogen-bond donors (Lipinski definition) is 2. The maximum atomic E-state index is 12.2.